The molecule has 0 unspecified atom stereocenters. The second-order valence-corrected chi connectivity index (χ2v) is 8.49. The van der Waals surface area contributed by atoms with Gasteiger partial charge in [-0.3, -0.25) is 14.8 Å². The number of carbonyl (C=O) groups is 1. The molecule has 0 spiro atoms. The summed E-state index contributed by atoms with van der Waals surface area (Å²) in [5.41, 5.74) is 2.97. The van der Waals surface area contributed by atoms with Gasteiger partial charge in [-0.15, -0.1) is 0 Å². The first-order chi connectivity index (χ1) is 17.1. The third-order valence-electron chi connectivity index (χ3n) is 5.95. The molecule has 1 fully saturated rings. The highest BCUT2D eigenvalue weighted by molar-refractivity contribution is 7.80. The molecule has 176 valence electrons. The van der Waals surface area contributed by atoms with E-state index >= 15 is 0 Å². The Labute approximate surface area is 207 Å². The number of aromatic nitrogens is 3. The van der Waals surface area contributed by atoms with Gasteiger partial charge in [0.15, 0.2) is 5.11 Å². The zero-order valence-corrected chi connectivity index (χ0v) is 19.5. The lowest BCUT2D eigenvalue weighted by Crippen LogP contribution is -2.33. The predicted molar refractivity (Wildman–Crippen MR) is 135 cm³/mol. The predicted octanol–water partition coefficient (Wildman–Crippen LogP) is 4.41. The van der Waals surface area contributed by atoms with E-state index in [9.17, 15) is 9.18 Å². The van der Waals surface area contributed by atoms with Crippen LogP contribution < -0.4 is 10.6 Å². The van der Waals surface area contributed by atoms with Crippen LogP contribution in [0.25, 0.3) is 5.69 Å². The fourth-order valence-electron chi connectivity index (χ4n) is 4.34. The van der Waals surface area contributed by atoms with Gasteiger partial charge in [0.25, 0.3) is 0 Å². The molecule has 9 heteroatoms. The monoisotopic (exact) mass is 486 g/mol. The number of pyridine rings is 2. The second kappa shape index (κ2) is 10.0. The number of thiocarbonyl (C=S) groups is 1. The molecule has 0 radical (unpaired) electrons. The fourth-order valence-corrected chi connectivity index (χ4v) is 4.67. The second-order valence-electron chi connectivity index (χ2n) is 8.11. The number of amides is 1. The van der Waals surface area contributed by atoms with Crippen molar-refractivity contribution in [3.05, 3.63) is 109 Å². The molecule has 3 aromatic heterocycles. The fraction of sp³-hybridized carbons (Fsp3) is 0.154. The molecule has 1 aromatic carbocycles. The van der Waals surface area contributed by atoms with Gasteiger partial charge in [-0.2, -0.15) is 0 Å². The van der Waals surface area contributed by atoms with Gasteiger partial charge in [0.2, 0.25) is 5.91 Å². The van der Waals surface area contributed by atoms with Crippen molar-refractivity contribution >= 4 is 28.9 Å². The molecule has 0 aliphatic carbocycles. The third-order valence-corrected chi connectivity index (χ3v) is 6.30. The number of nitrogens with one attached hydrogen (secondary N) is 2. The summed E-state index contributed by atoms with van der Waals surface area (Å²) in [6.45, 7) is 0.349. The van der Waals surface area contributed by atoms with Crippen molar-refractivity contribution in [2.24, 2.45) is 0 Å². The smallest absolute Gasteiger partial charge is 0.226 e. The van der Waals surface area contributed by atoms with Crippen molar-refractivity contribution in [3.63, 3.8) is 0 Å². The van der Waals surface area contributed by atoms with Crippen LogP contribution in [0.3, 0.4) is 0 Å². The SMILES string of the molecule is O=C(CCN1C(=S)N[C@@H](c2ccccn2)[C@@H]1c1cccn1-c1ccncc1)Nc1ccccc1F. The lowest BCUT2D eigenvalue weighted by molar-refractivity contribution is -0.116. The van der Waals surface area contributed by atoms with Gasteiger partial charge in [-0.05, 0) is 60.7 Å². The maximum absolute atomic E-state index is 14.0. The average Bonchev–Trinajstić information content (AvgIpc) is 3.49. The summed E-state index contributed by atoms with van der Waals surface area (Å²) in [7, 11) is 0. The van der Waals surface area contributed by atoms with E-state index in [0.29, 0.717) is 11.7 Å². The van der Waals surface area contributed by atoms with E-state index in [1.807, 2.05) is 53.6 Å². The topological polar surface area (TPSA) is 75.1 Å². The molecular weight excluding hydrogens is 463 g/mol. The van der Waals surface area contributed by atoms with Crippen LogP contribution in [0.15, 0.2) is 91.5 Å². The van der Waals surface area contributed by atoms with Crippen LogP contribution in [0.1, 0.15) is 29.9 Å². The van der Waals surface area contributed by atoms with Crippen LogP contribution in [0.5, 0.6) is 0 Å². The summed E-state index contributed by atoms with van der Waals surface area (Å²) >= 11 is 5.71. The van der Waals surface area contributed by atoms with Crippen molar-refractivity contribution in [3.8, 4) is 5.69 Å². The largest absolute Gasteiger partial charge is 0.352 e. The summed E-state index contributed by atoms with van der Waals surface area (Å²) in [4.78, 5) is 23.4. The van der Waals surface area contributed by atoms with E-state index in [4.69, 9.17) is 12.2 Å². The van der Waals surface area contributed by atoms with Crippen LogP contribution in [0, 0.1) is 5.82 Å². The highest BCUT2D eigenvalue weighted by Crippen LogP contribution is 2.39. The Kier molecular flexibility index (Phi) is 6.49. The van der Waals surface area contributed by atoms with E-state index < -0.39 is 5.82 Å². The Morgan fingerprint density at radius 3 is 2.60 bits per heavy atom. The number of nitrogens with zero attached hydrogens (tertiary/aromatic N) is 4. The Morgan fingerprint density at radius 2 is 1.83 bits per heavy atom. The minimum absolute atomic E-state index is 0.136. The van der Waals surface area contributed by atoms with E-state index in [2.05, 4.69) is 25.2 Å². The van der Waals surface area contributed by atoms with Crippen molar-refractivity contribution in [2.45, 2.75) is 18.5 Å². The van der Waals surface area contributed by atoms with Crippen molar-refractivity contribution in [1.29, 1.82) is 0 Å². The number of benzene rings is 1. The summed E-state index contributed by atoms with van der Waals surface area (Å²) in [5.74, 6) is -0.759. The van der Waals surface area contributed by atoms with Gasteiger partial charge >= 0.3 is 0 Å². The lowest BCUT2D eigenvalue weighted by atomic mass is 10.0. The Balaban J connectivity index is 1.44. The molecule has 2 N–H and O–H groups in total. The first-order valence-corrected chi connectivity index (χ1v) is 11.6. The number of hydrogen-bond acceptors (Lipinski definition) is 4. The highest BCUT2D eigenvalue weighted by Gasteiger charge is 2.41. The minimum atomic E-state index is -0.470. The molecule has 5 rings (SSSR count). The minimum Gasteiger partial charge on any atom is -0.352 e. The summed E-state index contributed by atoms with van der Waals surface area (Å²) in [6, 6.07) is 19.4. The van der Waals surface area contributed by atoms with Crippen LogP contribution in [0.2, 0.25) is 0 Å². The molecule has 4 heterocycles. The lowest BCUT2D eigenvalue weighted by Gasteiger charge is -2.28. The van der Waals surface area contributed by atoms with E-state index in [1.165, 1.54) is 12.1 Å². The molecule has 0 bridgehead atoms. The van der Waals surface area contributed by atoms with Crippen molar-refractivity contribution in [1.82, 2.24) is 24.8 Å². The van der Waals surface area contributed by atoms with Gasteiger partial charge in [-0.1, -0.05) is 18.2 Å². The molecule has 1 aliphatic heterocycles. The first kappa shape index (κ1) is 22.7. The van der Waals surface area contributed by atoms with Crippen LogP contribution in [-0.4, -0.2) is 37.0 Å². The van der Waals surface area contributed by atoms with Crippen LogP contribution >= 0.6 is 12.2 Å². The van der Waals surface area contributed by atoms with E-state index in [1.54, 1.807) is 30.7 Å². The normalized spacial score (nSPS) is 17.3. The molecule has 1 aliphatic rings. The van der Waals surface area contributed by atoms with Crippen LogP contribution in [0.4, 0.5) is 10.1 Å². The quantitative estimate of drug-likeness (QED) is 0.377. The highest BCUT2D eigenvalue weighted by atomic mass is 32.1. The Bertz CT molecular complexity index is 1330. The first-order valence-electron chi connectivity index (χ1n) is 11.2. The van der Waals surface area contributed by atoms with Crippen LogP contribution in [-0.2, 0) is 4.79 Å². The molecule has 35 heavy (non-hydrogen) atoms. The molecular formula is C26H23FN6OS. The Morgan fingerprint density at radius 1 is 1.03 bits per heavy atom. The van der Waals surface area contributed by atoms with E-state index in [-0.39, 0.29) is 30.1 Å². The standard InChI is InChI=1S/C26H23FN6OS/c27-19-6-1-2-7-20(19)30-23(34)12-17-33-25(24(31-26(33)35)21-8-3-4-13-29-21)22-9-5-16-32(22)18-10-14-28-15-11-18/h1-11,13-16,24-25H,12,17H2,(H,30,34)(H,31,35)/t24-,25-/m0/s1. The zero-order chi connectivity index (χ0) is 24.2. The van der Waals surface area contributed by atoms with E-state index in [0.717, 1.165) is 17.1 Å². The number of anilines is 1. The maximum Gasteiger partial charge on any atom is 0.226 e. The number of hydrogen-bond donors (Lipinski definition) is 2. The molecule has 2 atom stereocenters. The van der Waals surface area contributed by atoms with Gasteiger partial charge in [0.1, 0.15) is 5.82 Å². The molecule has 0 saturated carbocycles. The Hall–Kier alpha value is -4.11. The molecule has 4 aromatic rings. The van der Waals surface area contributed by atoms with Crippen molar-refractivity contribution in [2.75, 3.05) is 11.9 Å². The molecule has 1 saturated heterocycles. The zero-order valence-electron chi connectivity index (χ0n) is 18.7. The maximum atomic E-state index is 14.0. The van der Waals surface area contributed by atoms with Gasteiger partial charge in [-0.25, -0.2) is 4.39 Å². The summed E-state index contributed by atoms with van der Waals surface area (Å²) < 4.78 is 16.1. The average molecular weight is 487 g/mol. The third kappa shape index (κ3) is 4.76. The van der Waals surface area contributed by atoms with Gasteiger partial charge in [0, 0.05) is 49.1 Å². The summed E-state index contributed by atoms with van der Waals surface area (Å²) in [6.07, 6.45) is 7.38. The summed E-state index contributed by atoms with van der Waals surface area (Å²) in [5, 5.41) is 6.58. The molecule has 1 amide bonds. The molecule has 7 nitrogen and oxygen atoms in total. The number of halogens is 1. The van der Waals surface area contributed by atoms with Crippen molar-refractivity contribution < 1.29 is 9.18 Å². The van der Waals surface area contributed by atoms with Gasteiger partial charge < -0.3 is 20.1 Å². The number of carbonyl (C=O) groups excluding carboxylic acids is 1. The number of para-hydroxylation sites is 1. The number of rotatable bonds is 7. The van der Waals surface area contributed by atoms with Gasteiger partial charge in [0.05, 0.1) is 23.5 Å².